The van der Waals surface area contributed by atoms with Crippen LogP contribution >= 0.6 is 0 Å². The van der Waals surface area contributed by atoms with Crippen molar-refractivity contribution < 1.29 is 29.0 Å². The number of hydrogen-bond acceptors (Lipinski definition) is 6. The minimum Gasteiger partial charge on any atom is -0.512 e. The number of ketones is 1. The lowest BCUT2D eigenvalue weighted by molar-refractivity contribution is -0.144. The standard InChI is InChI=1S/C10H14O6/c1-3-16-10(14)6-8(12)4-7(11)5-9(13)15-2/h4,11H,3,5-6H2,1-2H3/b7-4-. The second-order valence-electron chi connectivity index (χ2n) is 2.84. The van der Waals surface area contributed by atoms with Crippen LogP contribution in [0, 0.1) is 0 Å². The minimum absolute atomic E-state index is 0.184. The number of carbonyl (C=O) groups excluding carboxylic acids is 3. The van der Waals surface area contributed by atoms with Gasteiger partial charge in [0, 0.05) is 6.08 Å². The van der Waals surface area contributed by atoms with Gasteiger partial charge >= 0.3 is 11.9 Å². The molecule has 0 amide bonds. The lowest BCUT2D eigenvalue weighted by Crippen LogP contribution is -2.10. The van der Waals surface area contributed by atoms with E-state index in [0.717, 1.165) is 13.2 Å². The van der Waals surface area contributed by atoms with Gasteiger partial charge < -0.3 is 14.6 Å². The summed E-state index contributed by atoms with van der Waals surface area (Å²) in [5.74, 6) is -2.41. The van der Waals surface area contributed by atoms with Crippen molar-refractivity contribution in [2.24, 2.45) is 0 Å². The molecule has 6 heteroatoms. The highest BCUT2D eigenvalue weighted by atomic mass is 16.5. The van der Waals surface area contributed by atoms with Crippen molar-refractivity contribution in [3.63, 3.8) is 0 Å². The molecule has 0 aliphatic heterocycles. The molecule has 0 unspecified atom stereocenters. The first kappa shape index (κ1) is 14.2. The van der Waals surface area contributed by atoms with Gasteiger partial charge in [0.05, 0.1) is 13.7 Å². The highest BCUT2D eigenvalue weighted by Gasteiger charge is 2.11. The lowest BCUT2D eigenvalue weighted by atomic mass is 10.2. The molecule has 1 N–H and O–H groups in total. The Labute approximate surface area is 92.8 Å². The van der Waals surface area contributed by atoms with Crippen LogP contribution in [0.2, 0.25) is 0 Å². The lowest BCUT2D eigenvalue weighted by Gasteiger charge is -2.00. The second-order valence-corrected chi connectivity index (χ2v) is 2.84. The normalized spacial score (nSPS) is 10.8. The number of aliphatic hydroxyl groups is 1. The molecule has 0 saturated heterocycles. The largest absolute Gasteiger partial charge is 0.512 e. The summed E-state index contributed by atoms with van der Waals surface area (Å²) in [7, 11) is 1.16. The number of carbonyl (C=O) groups is 3. The van der Waals surface area contributed by atoms with Crippen LogP contribution in [0.1, 0.15) is 19.8 Å². The van der Waals surface area contributed by atoms with Gasteiger partial charge in [-0.15, -0.1) is 0 Å². The molecular formula is C10H14O6. The predicted molar refractivity (Wildman–Crippen MR) is 53.6 cm³/mol. The molecule has 0 aromatic rings. The van der Waals surface area contributed by atoms with E-state index in [0.29, 0.717) is 0 Å². The van der Waals surface area contributed by atoms with Crippen molar-refractivity contribution >= 4 is 17.7 Å². The quantitative estimate of drug-likeness (QED) is 0.309. The molecule has 0 saturated carbocycles. The minimum atomic E-state index is -0.672. The summed E-state index contributed by atoms with van der Waals surface area (Å²) in [6.45, 7) is 1.80. The molecule has 6 nitrogen and oxygen atoms in total. The van der Waals surface area contributed by atoms with Crippen LogP contribution in [0.4, 0.5) is 0 Å². The number of methoxy groups -OCH3 is 1. The molecule has 0 bridgehead atoms. The average molecular weight is 230 g/mol. The molecule has 0 aliphatic rings. The summed E-state index contributed by atoms with van der Waals surface area (Å²) < 4.78 is 8.81. The van der Waals surface area contributed by atoms with Crippen molar-refractivity contribution in [2.75, 3.05) is 13.7 Å². The second kappa shape index (κ2) is 7.44. The zero-order chi connectivity index (χ0) is 12.6. The summed E-state index contributed by atoms with van der Waals surface area (Å²) in [6.07, 6.45) is -0.0437. The van der Waals surface area contributed by atoms with Crippen molar-refractivity contribution in [2.45, 2.75) is 19.8 Å². The Morgan fingerprint density at radius 1 is 1.19 bits per heavy atom. The first-order valence-electron chi connectivity index (χ1n) is 4.64. The first-order chi connectivity index (χ1) is 7.49. The molecule has 0 radical (unpaired) electrons. The Balaban J connectivity index is 4.15. The smallest absolute Gasteiger partial charge is 0.313 e. The predicted octanol–water partition coefficient (Wildman–Crippen LogP) is 0.514. The van der Waals surface area contributed by atoms with Crippen molar-refractivity contribution in [1.82, 2.24) is 0 Å². The highest BCUT2D eigenvalue weighted by molar-refractivity contribution is 6.02. The van der Waals surface area contributed by atoms with Gasteiger partial charge in [0.25, 0.3) is 0 Å². The van der Waals surface area contributed by atoms with Gasteiger partial charge in [-0.1, -0.05) is 0 Å². The molecular weight excluding hydrogens is 216 g/mol. The van der Waals surface area contributed by atoms with Crippen LogP contribution in [0.3, 0.4) is 0 Å². The number of allylic oxidation sites excluding steroid dienone is 1. The Morgan fingerprint density at radius 2 is 1.81 bits per heavy atom. The maximum Gasteiger partial charge on any atom is 0.313 e. The molecule has 0 aliphatic carbocycles. The monoisotopic (exact) mass is 230 g/mol. The third-order valence-electron chi connectivity index (χ3n) is 1.50. The van der Waals surface area contributed by atoms with Gasteiger partial charge in [0.1, 0.15) is 18.6 Å². The van der Waals surface area contributed by atoms with Crippen molar-refractivity contribution in [3.8, 4) is 0 Å². The van der Waals surface area contributed by atoms with Crippen LogP contribution in [0.15, 0.2) is 11.8 Å². The van der Waals surface area contributed by atoms with Gasteiger partial charge in [0.15, 0.2) is 5.78 Å². The molecule has 0 atom stereocenters. The Morgan fingerprint density at radius 3 is 2.31 bits per heavy atom. The van der Waals surface area contributed by atoms with E-state index in [2.05, 4.69) is 9.47 Å². The number of esters is 2. The molecule has 90 valence electrons. The third-order valence-corrected chi connectivity index (χ3v) is 1.50. The van der Waals surface area contributed by atoms with Crippen molar-refractivity contribution in [1.29, 1.82) is 0 Å². The van der Waals surface area contributed by atoms with Crippen LogP contribution < -0.4 is 0 Å². The number of rotatable bonds is 6. The molecule has 0 rings (SSSR count). The fraction of sp³-hybridized carbons (Fsp3) is 0.500. The van der Waals surface area contributed by atoms with E-state index in [9.17, 15) is 14.4 Å². The molecule has 0 fully saturated rings. The Kier molecular flexibility index (Phi) is 6.58. The SMILES string of the molecule is CCOC(=O)CC(=O)/C=C(\O)CC(=O)OC. The summed E-state index contributed by atoms with van der Waals surface area (Å²) in [5, 5.41) is 9.15. The summed E-state index contributed by atoms with van der Waals surface area (Å²) in [4.78, 5) is 32.7. The molecule has 0 aromatic heterocycles. The van der Waals surface area contributed by atoms with Crippen LogP contribution in [0.5, 0.6) is 0 Å². The Bertz CT molecular complexity index is 304. The van der Waals surface area contributed by atoms with Gasteiger partial charge in [-0.25, -0.2) is 0 Å². The summed E-state index contributed by atoms with van der Waals surface area (Å²) in [6, 6.07) is 0. The third kappa shape index (κ3) is 6.58. The summed E-state index contributed by atoms with van der Waals surface area (Å²) in [5.41, 5.74) is 0. The van der Waals surface area contributed by atoms with E-state index < -0.39 is 36.3 Å². The van der Waals surface area contributed by atoms with Gasteiger partial charge in [-0.2, -0.15) is 0 Å². The number of aliphatic hydroxyl groups excluding tert-OH is 1. The van der Waals surface area contributed by atoms with Gasteiger partial charge in [-0.3, -0.25) is 14.4 Å². The van der Waals surface area contributed by atoms with E-state index in [1.807, 2.05) is 0 Å². The average Bonchev–Trinajstić information content (AvgIpc) is 2.16. The van der Waals surface area contributed by atoms with Crippen LogP contribution in [-0.2, 0) is 23.9 Å². The van der Waals surface area contributed by atoms with E-state index in [-0.39, 0.29) is 6.61 Å². The zero-order valence-electron chi connectivity index (χ0n) is 9.19. The number of hydrogen-bond donors (Lipinski definition) is 1. The van der Waals surface area contributed by atoms with Crippen LogP contribution in [-0.4, -0.2) is 36.5 Å². The topological polar surface area (TPSA) is 89.9 Å². The molecule has 0 aromatic carbocycles. The highest BCUT2D eigenvalue weighted by Crippen LogP contribution is 2.00. The fourth-order valence-corrected chi connectivity index (χ4v) is 0.862. The van der Waals surface area contributed by atoms with Gasteiger partial charge in [-0.05, 0) is 6.92 Å². The molecule has 16 heavy (non-hydrogen) atoms. The number of ether oxygens (including phenoxy) is 2. The van der Waals surface area contributed by atoms with E-state index in [4.69, 9.17) is 5.11 Å². The Hall–Kier alpha value is -1.85. The van der Waals surface area contributed by atoms with Crippen molar-refractivity contribution in [3.05, 3.63) is 11.8 Å². The zero-order valence-corrected chi connectivity index (χ0v) is 9.19. The first-order valence-corrected chi connectivity index (χ1v) is 4.64. The van der Waals surface area contributed by atoms with Crippen LogP contribution in [0.25, 0.3) is 0 Å². The van der Waals surface area contributed by atoms with E-state index in [1.54, 1.807) is 6.92 Å². The van der Waals surface area contributed by atoms with E-state index >= 15 is 0 Å². The molecule has 0 spiro atoms. The fourth-order valence-electron chi connectivity index (χ4n) is 0.862. The maximum atomic E-state index is 11.1. The molecule has 0 heterocycles. The van der Waals surface area contributed by atoms with E-state index in [1.165, 1.54) is 0 Å². The maximum absolute atomic E-state index is 11.1. The summed E-state index contributed by atoms with van der Waals surface area (Å²) >= 11 is 0. The van der Waals surface area contributed by atoms with Gasteiger partial charge in [0.2, 0.25) is 0 Å².